The summed E-state index contributed by atoms with van der Waals surface area (Å²) in [4.78, 5) is 6.56. The monoisotopic (exact) mass is 263 g/mol. The molecule has 19 heavy (non-hydrogen) atoms. The zero-order valence-electron chi connectivity index (χ0n) is 12.4. The summed E-state index contributed by atoms with van der Waals surface area (Å²) in [7, 11) is 0. The van der Waals surface area contributed by atoms with Crippen LogP contribution in [0.5, 0.6) is 0 Å². The van der Waals surface area contributed by atoms with Crippen molar-refractivity contribution < 1.29 is 4.84 Å². The number of rotatable bonds is 3. The van der Waals surface area contributed by atoms with E-state index in [9.17, 15) is 0 Å². The molecule has 4 fully saturated rings. The van der Waals surface area contributed by atoms with Gasteiger partial charge in [0.2, 0.25) is 0 Å². The van der Waals surface area contributed by atoms with Crippen molar-refractivity contribution in [1.82, 2.24) is 5.06 Å². The third kappa shape index (κ3) is 1.98. The normalized spacial score (nSPS) is 46.9. The van der Waals surface area contributed by atoms with Crippen molar-refractivity contribution in [1.29, 1.82) is 0 Å². The fourth-order valence-corrected chi connectivity index (χ4v) is 5.67. The van der Waals surface area contributed by atoms with Gasteiger partial charge in [-0.1, -0.05) is 32.6 Å². The zero-order chi connectivity index (χ0) is 12.8. The SMILES string of the molecule is CCC[C@@H]1[C@@H]2[C@H]3CC[C@@H](C3)[C@H]2ON1C1CCCCC1. The molecule has 0 aromatic heterocycles. The van der Waals surface area contributed by atoms with Gasteiger partial charge in [0.15, 0.2) is 0 Å². The molecule has 5 atom stereocenters. The molecule has 3 aliphatic carbocycles. The maximum atomic E-state index is 6.56. The van der Waals surface area contributed by atoms with Crippen molar-refractivity contribution in [2.45, 2.75) is 89.3 Å². The summed E-state index contributed by atoms with van der Waals surface area (Å²) in [6.07, 6.45) is 14.8. The summed E-state index contributed by atoms with van der Waals surface area (Å²) in [6, 6.07) is 1.50. The van der Waals surface area contributed by atoms with Crippen LogP contribution in [0.2, 0.25) is 0 Å². The van der Waals surface area contributed by atoms with E-state index in [0.29, 0.717) is 6.10 Å². The van der Waals surface area contributed by atoms with Crippen molar-refractivity contribution in [3.8, 4) is 0 Å². The zero-order valence-corrected chi connectivity index (χ0v) is 12.4. The molecule has 1 heterocycles. The first-order valence-corrected chi connectivity index (χ1v) is 8.83. The van der Waals surface area contributed by atoms with Crippen LogP contribution < -0.4 is 0 Å². The fourth-order valence-electron chi connectivity index (χ4n) is 5.67. The molecule has 108 valence electrons. The minimum atomic E-state index is 0.609. The Morgan fingerprint density at radius 1 is 1.00 bits per heavy atom. The number of hydrogen-bond donors (Lipinski definition) is 0. The number of fused-ring (bicyclic) bond motifs is 5. The predicted molar refractivity (Wildman–Crippen MR) is 76.6 cm³/mol. The highest BCUT2D eigenvalue weighted by Crippen LogP contribution is 2.56. The Balaban J connectivity index is 1.54. The van der Waals surface area contributed by atoms with Gasteiger partial charge in [0.1, 0.15) is 0 Å². The minimum absolute atomic E-state index is 0.609. The maximum absolute atomic E-state index is 6.56. The van der Waals surface area contributed by atoms with Crippen LogP contribution in [0.4, 0.5) is 0 Å². The van der Waals surface area contributed by atoms with Crippen LogP contribution in [0.3, 0.4) is 0 Å². The van der Waals surface area contributed by atoms with Crippen LogP contribution in [0.25, 0.3) is 0 Å². The lowest BCUT2D eigenvalue weighted by atomic mass is 9.80. The van der Waals surface area contributed by atoms with Gasteiger partial charge in [-0.25, -0.2) is 0 Å². The van der Waals surface area contributed by atoms with E-state index in [2.05, 4.69) is 12.0 Å². The molecule has 0 spiro atoms. The summed E-state index contributed by atoms with van der Waals surface area (Å²) in [5.41, 5.74) is 0. The summed E-state index contributed by atoms with van der Waals surface area (Å²) in [6.45, 7) is 2.35. The molecule has 0 aromatic carbocycles. The number of nitrogens with zero attached hydrogens (tertiary/aromatic N) is 1. The van der Waals surface area contributed by atoms with Crippen LogP contribution in [-0.4, -0.2) is 23.3 Å². The summed E-state index contributed by atoms with van der Waals surface area (Å²) in [5.74, 6) is 2.80. The highest BCUT2D eigenvalue weighted by Gasteiger charge is 2.58. The van der Waals surface area contributed by atoms with Gasteiger partial charge in [-0.3, -0.25) is 4.84 Å². The second-order valence-electron chi connectivity index (χ2n) is 7.49. The molecule has 0 N–H and O–H groups in total. The second kappa shape index (κ2) is 5.04. The van der Waals surface area contributed by atoms with Gasteiger partial charge in [0, 0.05) is 18.0 Å². The van der Waals surface area contributed by atoms with E-state index in [1.54, 1.807) is 0 Å². The molecule has 2 bridgehead atoms. The number of hydrogen-bond acceptors (Lipinski definition) is 2. The van der Waals surface area contributed by atoms with Crippen LogP contribution in [0.1, 0.15) is 71.1 Å². The third-order valence-electron chi connectivity index (χ3n) is 6.44. The van der Waals surface area contributed by atoms with Gasteiger partial charge in [0.25, 0.3) is 0 Å². The lowest BCUT2D eigenvalue weighted by Crippen LogP contribution is -2.42. The standard InChI is InChI=1S/C17H29NO/c1-2-6-15-16-12-9-10-13(11-12)17(16)19-18(15)14-7-4-3-5-8-14/h12-17H,2-11H2,1H3/t12-,13-,15+,16-,17+/m0/s1. The van der Waals surface area contributed by atoms with Crippen molar-refractivity contribution in [3.63, 3.8) is 0 Å². The average molecular weight is 263 g/mol. The lowest BCUT2D eigenvalue weighted by Gasteiger charge is -2.35. The van der Waals surface area contributed by atoms with Gasteiger partial charge in [0.05, 0.1) is 6.10 Å². The molecule has 1 aliphatic heterocycles. The number of hydroxylamine groups is 2. The highest BCUT2D eigenvalue weighted by molar-refractivity contribution is 5.05. The molecule has 1 saturated heterocycles. The van der Waals surface area contributed by atoms with Crippen LogP contribution in [0, 0.1) is 17.8 Å². The molecule has 4 aliphatic rings. The van der Waals surface area contributed by atoms with E-state index in [1.165, 1.54) is 64.2 Å². The Hall–Kier alpha value is -0.0800. The smallest absolute Gasteiger partial charge is 0.0868 e. The highest BCUT2D eigenvalue weighted by atomic mass is 16.7. The second-order valence-corrected chi connectivity index (χ2v) is 7.49. The van der Waals surface area contributed by atoms with E-state index in [4.69, 9.17) is 4.84 Å². The van der Waals surface area contributed by atoms with E-state index in [0.717, 1.165) is 29.8 Å². The van der Waals surface area contributed by atoms with Crippen LogP contribution in [0.15, 0.2) is 0 Å². The lowest BCUT2D eigenvalue weighted by molar-refractivity contribution is -0.204. The molecule has 2 nitrogen and oxygen atoms in total. The van der Waals surface area contributed by atoms with Crippen LogP contribution >= 0.6 is 0 Å². The van der Waals surface area contributed by atoms with Crippen molar-refractivity contribution in [2.75, 3.05) is 0 Å². The Labute approximate surface area is 117 Å². The van der Waals surface area contributed by atoms with Gasteiger partial charge in [-0.2, -0.15) is 5.06 Å². The van der Waals surface area contributed by atoms with E-state index >= 15 is 0 Å². The molecule has 0 amide bonds. The van der Waals surface area contributed by atoms with Crippen LogP contribution in [-0.2, 0) is 4.84 Å². The van der Waals surface area contributed by atoms with Gasteiger partial charge >= 0.3 is 0 Å². The molecule has 2 heteroatoms. The van der Waals surface area contributed by atoms with E-state index in [1.807, 2.05) is 0 Å². The van der Waals surface area contributed by atoms with Gasteiger partial charge in [-0.15, -0.1) is 0 Å². The Bertz CT molecular complexity index is 325. The molecular weight excluding hydrogens is 234 g/mol. The molecule has 0 radical (unpaired) electrons. The first-order chi connectivity index (χ1) is 9.38. The first-order valence-electron chi connectivity index (χ1n) is 8.83. The van der Waals surface area contributed by atoms with Crippen molar-refractivity contribution in [2.24, 2.45) is 17.8 Å². The fraction of sp³-hybridized carbons (Fsp3) is 1.00. The summed E-state index contributed by atoms with van der Waals surface area (Å²) >= 11 is 0. The Morgan fingerprint density at radius 2 is 1.79 bits per heavy atom. The predicted octanol–water partition coefficient (Wildman–Crippen LogP) is 4.15. The molecule has 4 rings (SSSR count). The summed E-state index contributed by atoms with van der Waals surface area (Å²) in [5, 5.41) is 2.53. The Morgan fingerprint density at radius 3 is 2.58 bits per heavy atom. The molecule has 0 aromatic rings. The molecular formula is C17H29NO. The maximum Gasteiger partial charge on any atom is 0.0868 e. The quantitative estimate of drug-likeness (QED) is 0.758. The van der Waals surface area contributed by atoms with Crippen molar-refractivity contribution >= 4 is 0 Å². The largest absolute Gasteiger partial charge is 0.294 e. The van der Waals surface area contributed by atoms with Gasteiger partial charge in [-0.05, 0) is 50.4 Å². The molecule has 3 saturated carbocycles. The minimum Gasteiger partial charge on any atom is -0.294 e. The van der Waals surface area contributed by atoms with E-state index in [-0.39, 0.29) is 0 Å². The van der Waals surface area contributed by atoms with Crippen molar-refractivity contribution in [3.05, 3.63) is 0 Å². The third-order valence-corrected chi connectivity index (χ3v) is 6.44. The van der Waals surface area contributed by atoms with Gasteiger partial charge < -0.3 is 0 Å². The molecule has 0 unspecified atom stereocenters. The average Bonchev–Trinajstić information content (AvgIpc) is 3.12. The summed E-state index contributed by atoms with van der Waals surface area (Å²) < 4.78 is 0. The van der Waals surface area contributed by atoms with E-state index < -0.39 is 0 Å². The Kier molecular flexibility index (Phi) is 3.35. The topological polar surface area (TPSA) is 12.5 Å². The first kappa shape index (κ1) is 12.6.